The van der Waals surface area contributed by atoms with Gasteiger partial charge in [0.2, 0.25) is 0 Å². The van der Waals surface area contributed by atoms with Gasteiger partial charge in [0, 0.05) is 5.56 Å². The van der Waals surface area contributed by atoms with E-state index in [1.54, 1.807) is 6.07 Å². The van der Waals surface area contributed by atoms with Crippen molar-refractivity contribution in [2.45, 2.75) is 0 Å². The Hall–Kier alpha value is -1.76. The van der Waals surface area contributed by atoms with Crippen LogP contribution in [0.25, 0.3) is 11.1 Å². The van der Waals surface area contributed by atoms with Crippen LogP contribution in [-0.2, 0) is 0 Å². The molecule has 2 aromatic carbocycles. The molecule has 0 atom stereocenters. The normalized spacial score (nSPS) is 9.85. The summed E-state index contributed by atoms with van der Waals surface area (Å²) in [5.41, 5.74) is 2.97. The molecule has 0 heterocycles. The molecule has 0 aromatic heterocycles. The Morgan fingerprint density at radius 2 is 2.08 bits per heavy atom. The molecular weight excluding hydrogens is 160 g/mol. The molecule has 0 N–H and O–H groups in total. The van der Waals surface area contributed by atoms with Gasteiger partial charge in [0.1, 0.15) is 6.29 Å². The number of benzene rings is 1. The Kier molecular flexibility index (Phi) is 2.01. The number of hydrogen-bond donors (Lipinski definition) is 0. The summed E-state index contributed by atoms with van der Waals surface area (Å²) < 4.78 is 0. The molecule has 1 heteroatoms. The number of aldehydes is 1. The smallest absolute Gasteiger partial charge is 0.149 e. The molecule has 2 rings (SSSR count). The van der Waals surface area contributed by atoms with E-state index in [-0.39, 0.29) is 0 Å². The van der Waals surface area contributed by atoms with Crippen LogP contribution in [0, 0.1) is 0 Å². The first-order chi connectivity index (χ1) is 6.40. The van der Waals surface area contributed by atoms with Crippen molar-refractivity contribution in [1.82, 2.24) is 0 Å². The summed E-state index contributed by atoms with van der Waals surface area (Å²) in [6.07, 6.45) is 0.867. The van der Waals surface area contributed by atoms with Crippen molar-refractivity contribution < 1.29 is 4.79 Å². The van der Waals surface area contributed by atoms with Crippen LogP contribution >= 0.6 is 0 Å². The van der Waals surface area contributed by atoms with E-state index in [1.807, 2.05) is 42.5 Å². The summed E-state index contributed by atoms with van der Waals surface area (Å²) in [6, 6.07) is 15.6. The number of rotatable bonds is 2. The van der Waals surface area contributed by atoms with Crippen LogP contribution in [0.5, 0.6) is 0 Å². The molecule has 1 nitrogen and oxygen atoms in total. The Bertz CT molecular complexity index is 399. The minimum absolute atomic E-state index is 0.721. The van der Waals surface area contributed by atoms with Crippen LogP contribution in [-0.4, -0.2) is 6.29 Å². The third kappa shape index (κ3) is 1.54. The average Bonchev–Trinajstić information content (AvgIpc) is 2.71. The minimum atomic E-state index is 0.721. The van der Waals surface area contributed by atoms with E-state index < -0.39 is 0 Å². The summed E-state index contributed by atoms with van der Waals surface area (Å²) in [5.74, 6) is 0. The van der Waals surface area contributed by atoms with Crippen molar-refractivity contribution in [3.8, 4) is 11.1 Å². The highest BCUT2D eigenvalue weighted by atomic mass is 16.1. The maximum atomic E-state index is 10.5. The zero-order valence-corrected chi connectivity index (χ0v) is 7.10. The first-order valence-corrected chi connectivity index (χ1v) is 4.17. The lowest BCUT2D eigenvalue weighted by atomic mass is 10.1. The van der Waals surface area contributed by atoms with Crippen molar-refractivity contribution >= 4 is 6.29 Å². The highest BCUT2D eigenvalue weighted by Crippen LogP contribution is 2.19. The van der Waals surface area contributed by atoms with Crippen LogP contribution in [0.4, 0.5) is 0 Å². The Balaban J connectivity index is 2.47. The molecule has 0 unspecified atom stereocenters. The van der Waals surface area contributed by atoms with Crippen LogP contribution < -0.4 is 0 Å². The van der Waals surface area contributed by atoms with Gasteiger partial charge in [-0.1, -0.05) is 29.8 Å². The summed E-state index contributed by atoms with van der Waals surface area (Å²) >= 11 is 0. The number of hydrogen-bond acceptors (Lipinski definition) is 1. The van der Waals surface area contributed by atoms with Gasteiger partial charge in [-0.25, -0.2) is 0 Å². The highest BCUT2D eigenvalue weighted by Gasteiger charge is 1.91. The Morgan fingerprint density at radius 1 is 1.15 bits per heavy atom. The third-order valence-corrected chi connectivity index (χ3v) is 2.02. The molecule has 0 aliphatic heterocycles. The van der Waals surface area contributed by atoms with Gasteiger partial charge in [0.05, 0.1) is 0 Å². The monoisotopic (exact) mass is 169 g/mol. The van der Waals surface area contributed by atoms with Gasteiger partial charge in [0.25, 0.3) is 0 Å². The summed E-state index contributed by atoms with van der Waals surface area (Å²) in [7, 11) is 0. The van der Waals surface area contributed by atoms with E-state index >= 15 is 0 Å². The van der Waals surface area contributed by atoms with E-state index in [2.05, 4.69) is 0 Å². The fourth-order valence-electron chi connectivity index (χ4n) is 1.36. The zero-order valence-electron chi connectivity index (χ0n) is 7.10. The molecule has 0 spiro atoms. The molecule has 0 bridgehead atoms. The van der Waals surface area contributed by atoms with Gasteiger partial charge in [-0.05, 0) is 0 Å². The van der Waals surface area contributed by atoms with Gasteiger partial charge in [-0.2, -0.15) is 23.8 Å². The van der Waals surface area contributed by atoms with Gasteiger partial charge in [-0.3, -0.25) is 4.79 Å². The van der Waals surface area contributed by atoms with Crippen molar-refractivity contribution in [3.05, 3.63) is 54.1 Å². The van der Waals surface area contributed by atoms with E-state index in [0.29, 0.717) is 0 Å². The van der Waals surface area contributed by atoms with Gasteiger partial charge >= 0.3 is 0 Å². The van der Waals surface area contributed by atoms with Gasteiger partial charge in [-0.15, -0.1) is 6.07 Å². The van der Waals surface area contributed by atoms with E-state index in [9.17, 15) is 4.79 Å². The fraction of sp³-hybridized carbons (Fsp3) is 0. The SMILES string of the molecule is O=Cc1cccc(-c2ccc[cH-]2)c1. The van der Waals surface area contributed by atoms with Crippen molar-refractivity contribution in [2.24, 2.45) is 0 Å². The van der Waals surface area contributed by atoms with E-state index in [4.69, 9.17) is 0 Å². The second-order valence-corrected chi connectivity index (χ2v) is 2.92. The van der Waals surface area contributed by atoms with E-state index in [1.165, 1.54) is 0 Å². The molecule has 0 radical (unpaired) electrons. The quantitative estimate of drug-likeness (QED) is 0.499. The molecule has 0 saturated carbocycles. The molecule has 0 aliphatic carbocycles. The molecular formula is C12H9O-. The van der Waals surface area contributed by atoms with Crippen LogP contribution in [0.3, 0.4) is 0 Å². The largest absolute Gasteiger partial charge is 0.298 e. The third-order valence-electron chi connectivity index (χ3n) is 2.02. The second-order valence-electron chi connectivity index (χ2n) is 2.92. The van der Waals surface area contributed by atoms with Crippen molar-refractivity contribution in [2.75, 3.05) is 0 Å². The summed E-state index contributed by atoms with van der Waals surface area (Å²) in [5, 5.41) is 0. The van der Waals surface area contributed by atoms with Crippen molar-refractivity contribution in [3.63, 3.8) is 0 Å². The fourth-order valence-corrected chi connectivity index (χ4v) is 1.36. The van der Waals surface area contributed by atoms with Gasteiger partial charge < -0.3 is 0 Å². The predicted molar refractivity (Wildman–Crippen MR) is 52.9 cm³/mol. The molecule has 0 saturated heterocycles. The van der Waals surface area contributed by atoms with E-state index in [0.717, 1.165) is 23.0 Å². The second kappa shape index (κ2) is 3.31. The number of carbonyl (C=O) groups is 1. The number of carbonyl (C=O) groups excluding carboxylic acids is 1. The van der Waals surface area contributed by atoms with Crippen LogP contribution in [0.2, 0.25) is 0 Å². The molecule has 0 amide bonds. The lowest BCUT2D eigenvalue weighted by molar-refractivity contribution is 0.112. The van der Waals surface area contributed by atoms with Crippen LogP contribution in [0.15, 0.2) is 48.5 Å². The summed E-state index contributed by atoms with van der Waals surface area (Å²) in [4.78, 5) is 10.5. The molecule has 13 heavy (non-hydrogen) atoms. The standard InChI is InChI=1S/C12H9O/c13-9-10-4-3-7-12(8-10)11-5-1-2-6-11/h1-9H/q-1. The van der Waals surface area contributed by atoms with Crippen LogP contribution in [0.1, 0.15) is 10.4 Å². The first-order valence-electron chi connectivity index (χ1n) is 4.17. The lowest BCUT2D eigenvalue weighted by Crippen LogP contribution is -1.79. The minimum Gasteiger partial charge on any atom is -0.298 e. The molecule has 0 fully saturated rings. The zero-order chi connectivity index (χ0) is 9.10. The predicted octanol–water partition coefficient (Wildman–Crippen LogP) is 2.89. The Morgan fingerprint density at radius 3 is 2.77 bits per heavy atom. The average molecular weight is 169 g/mol. The molecule has 2 aromatic rings. The molecule has 0 aliphatic rings. The highest BCUT2D eigenvalue weighted by molar-refractivity contribution is 5.78. The summed E-state index contributed by atoms with van der Waals surface area (Å²) in [6.45, 7) is 0. The Labute approximate surface area is 77.0 Å². The molecule has 64 valence electrons. The maximum Gasteiger partial charge on any atom is 0.149 e. The van der Waals surface area contributed by atoms with Gasteiger partial charge in [0.15, 0.2) is 0 Å². The topological polar surface area (TPSA) is 17.1 Å². The van der Waals surface area contributed by atoms with Crippen molar-refractivity contribution in [1.29, 1.82) is 0 Å². The lowest BCUT2D eigenvalue weighted by Gasteiger charge is -2.04. The first kappa shape index (κ1) is 7.87. The maximum absolute atomic E-state index is 10.5.